The minimum absolute atomic E-state index is 0. The predicted molar refractivity (Wildman–Crippen MR) is 58.7 cm³/mol. The van der Waals surface area contributed by atoms with Crippen molar-refractivity contribution >= 4 is 35.6 Å². The molecule has 0 fully saturated rings. The van der Waals surface area contributed by atoms with Gasteiger partial charge in [0, 0.05) is 11.6 Å². The summed E-state index contributed by atoms with van der Waals surface area (Å²) in [6, 6.07) is 3.45. The minimum atomic E-state index is -0.0535. The van der Waals surface area contributed by atoms with Crippen molar-refractivity contribution in [2.75, 3.05) is 0 Å². The fraction of sp³-hybridized carbons (Fsp3) is 0.375. The SMILES string of the molecule is CC[C@H](N)c1ccc(Cl)nc1Cl.Cl. The van der Waals surface area contributed by atoms with Crippen LogP contribution in [0.5, 0.6) is 0 Å². The van der Waals surface area contributed by atoms with E-state index < -0.39 is 0 Å². The number of hydrogen-bond acceptors (Lipinski definition) is 2. The van der Waals surface area contributed by atoms with Crippen molar-refractivity contribution < 1.29 is 0 Å². The number of rotatable bonds is 2. The van der Waals surface area contributed by atoms with Gasteiger partial charge in [-0.2, -0.15) is 0 Å². The van der Waals surface area contributed by atoms with Crippen LogP contribution in [0.4, 0.5) is 0 Å². The van der Waals surface area contributed by atoms with Crippen molar-refractivity contribution in [2.24, 2.45) is 5.73 Å². The van der Waals surface area contributed by atoms with Gasteiger partial charge in [-0.1, -0.05) is 36.2 Å². The largest absolute Gasteiger partial charge is 0.324 e. The summed E-state index contributed by atoms with van der Waals surface area (Å²) in [5, 5.41) is 0.795. The monoisotopic (exact) mass is 240 g/mol. The van der Waals surface area contributed by atoms with Gasteiger partial charge < -0.3 is 5.73 Å². The van der Waals surface area contributed by atoms with E-state index in [2.05, 4.69) is 4.98 Å². The third-order valence-electron chi connectivity index (χ3n) is 1.68. The fourth-order valence-corrected chi connectivity index (χ4v) is 1.40. The quantitative estimate of drug-likeness (QED) is 0.808. The highest BCUT2D eigenvalue weighted by Gasteiger charge is 2.08. The van der Waals surface area contributed by atoms with E-state index in [1.165, 1.54) is 0 Å². The second-order valence-electron chi connectivity index (χ2n) is 2.53. The maximum Gasteiger partial charge on any atom is 0.135 e. The molecule has 0 saturated heterocycles. The molecule has 0 aliphatic rings. The third kappa shape index (κ3) is 3.31. The van der Waals surface area contributed by atoms with Gasteiger partial charge in [0.15, 0.2) is 0 Å². The van der Waals surface area contributed by atoms with Crippen molar-refractivity contribution in [2.45, 2.75) is 19.4 Å². The molecule has 13 heavy (non-hydrogen) atoms. The van der Waals surface area contributed by atoms with E-state index in [-0.39, 0.29) is 18.4 Å². The zero-order chi connectivity index (χ0) is 9.14. The lowest BCUT2D eigenvalue weighted by Crippen LogP contribution is -2.09. The minimum Gasteiger partial charge on any atom is -0.324 e. The van der Waals surface area contributed by atoms with Crippen LogP contribution in [-0.4, -0.2) is 4.98 Å². The molecule has 0 spiro atoms. The van der Waals surface area contributed by atoms with Crippen LogP contribution in [0.3, 0.4) is 0 Å². The first kappa shape index (κ1) is 13.0. The van der Waals surface area contributed by atoms with Crippen LogP contribution in [-0.2, 0) is 0 Å². The first-order valence-electron chi connectivity index (χ1n) is 3.72. The maximum absolute atomic E-state index is 5.83. The van der Waals surface area contributed by atoms with E-state index in [1.807, 2.05) is 13.0 Å². The summed E-state index contributed by atoms with van der Waals surface area (Å²) in [6.07, 6.45) is 0.836. The molecule has 1 rings (SSSR count). The van der Waals surface area contributed by atoms with Crippen molar-refractivity contribution in [1.29, 1.82) is 0 Å². The van der Waals surface area contributed by atoms with Gasteiger partial charge in [-0.05, 0) is 12.5 Å². The van der Waals surface area contributed by atoms with E-state index in [1.54, 1.807) is 6.07 Å². The Morgan fingerprint density at radius 2 is 2.08 bits per heavy atom. The number of halogens is 3. The standard InChI is InChI=1S/C8H10Cl2N2.ClH/c1-2-6(11)5-3-4-7(9)12-8(5)10;/h3-4,6H,2,11H2,1H3;1H/t6-;/m0./s1. The number of pyridine rings is 1. The molecule has 5 heteroatoms. The summed E-state index contributed by atoms with van der Waals surface area (Å²) < 4.78 is 0. The maximum atomic E-state index is 5.83. The second-order valence-corrected chi connectivity index (χ2v) is 3.27. The Morgan fingerprint density at radius 3 is 2.54 bits per heavy atom. The molecule has 1 aromatic heterocycles. The summed E-state index contributed by atoms with van der Waals surface area (Å²) in [5.74, 6) is 0. The van der Waals surface area contributed by atoms with Gasteiger partial charge in [0.1, 0.15) is 10.3 Å². The Bertz CT molecular complexity index is 278. The first-order chi connectivity index (χ1) is 5.65. The van der Waals surface area contributed by atoms with Crippen LogP contribution in [0.1, 0.15) is 24.9 Å². The van der Waals surface area contributed by atoms with Crippen molar-refractivity contribution in [3.05, 3.63) is 28.0 Å². The smallest absolute Gasteiger partial charge is 0.135 e. The molecule has 0 aliphatic carbocycles. The van der Waals surface area contributed by atoms with Gasteiger partial charge in [-0.15, -0.1) is 12.4 Å². The van der Waals surface area contributed by atoms with Crippen molar-refractivity contribution in [3.63, 3.8) is 0 Å². The van der Waals surface area contributed by atoms with Gasteiger partial charge in [0.2, 0.25) is 0 Å². The van der Waals surface area contributed by atoms with Crippen LogP contribution in [0.2, 0.25) is 10.3 Å². The lowest BCUT2D eigenvalue weighted by atomic mass is 10.1. The van der Waals surface area contributed by atoms with E-state index in [0.29, 0.717) is 10.3 Å². The first-order valence-corrected chi connectivity index (χ1v) is 4.48. The van der Waals surface area contributed by atoms with Gasteiger partial charge in [-0.25, -0.2) is 4.98 Å². The Labute approximate surface area is 93.8 Å². The molecule has 1 aromatic rings. The Hall–Kier alpha value is -0.0200. The molecule has 2 nitrogen and oxygen atoms in total. The average Bonchev–Trinajstić information content (AvgIpc) is 2.03. The zero-order valence-electron chi connectivity index (χ0n) is 7.13. The Balaban J connectivity index is 0.00000144. The van der Waals surface area contributed by atoms with E-state index in [9.17, 15) is 0 Å². The summed E-state index contributed by atoms with van der Waals surface area (Å²) in [7, 11) is 0. The fourth-order valence-electron chi connectivity index (χ4n) is 0.919. The summed E-state index contributed by atoms with van der Waals surface area (Å²) in [4.78, 5) is 3.89. The molecule has 0 saturated carbocycles. The lowest BCUT2D eigenvalue weighted by molar-refractivity contribution is 0.695. The topological polar surface area (TPSA) is 38.9 Å². The van der Waals surface area contributed by atoms with E-state index in [4.69, 9.17) is 28.9 Å². The normalized spacial score (nSPS) is 12.0. The summed E-state index contributed by atoms with van der Waals surface area (Å²) >= 11 is 11.5. The van der Waals surface area contributed by atoms with Crippen molar-refractivity contribution in [3.8, 4) is 0 Å². The molecule has 0 radical (unpaired) electrons. The molecule has 0 unspecified atom stereocenters. The van der Waals surface area contributed by atoms with Crippen LogP contribution in [0.25, 0.3) is 0 Å². The molecule has 1 atom stereocenters. The number of nitrogens with zero attached hydrogens (tertiary/aromatic N) is 1. The van der Waals surface area contributed by atoms with Crippen LogP contribution < -0.4 is 5.73 Å². The molecular weight excluding hydrogens is 230 g/mol. The van der Waals surface area contributed by atoms with Gasteiger partial charge in [0.05, 0.1) is 0 Å². The van der Waals surface area contributed by atoms with Crippen LogP contribution in [0.15, 0.2) is 12.1 Å². The third-order valence-corrected chi connectivity index (χ3v) is 2.20. The summed E-state index contributed by atoms with van der Waals surface area (Å²) in [6.45, 7) is 2.00. The highest BCUT2D eigenvalue weighted by Crippen LogP contribution is 2.23. The summed E-state index contributed by atoms with van der Waals surface area (Å²) in [5.41, 5.74) is 6.63. The highest BCUT2D eigenvalue weighted by atomic mass is 35.5. The van der Waals surface area contributed by atoms with E-state index >= 15 is 0 Å². The number of hydrogen-bond donors (Lipinski definition) is 1. The lowest BCUT2D eigenvalue weighted by Gasteiger charge is -2.09. The molecule has 74 valence electrons. The van der Waals surface area contributed by atoms with Gasteiger partial charge in [0.25, 0.3) is 0 Å². The molecule has 0 bridgehead atoms. The average molecular weight is 242 g/mol. The second kappa shape index (κ2) is 5.66. The highest BCUT2D eigenvalue weighted by molar-refractivity contribution is 6.32. The van der Waals surface area contributed by atoms with Crippen LogP contribution >= 0.6 is 35.6 Å². The Kier molecular flexibility index (Phi) is 5.65. The van der Waals surface area contributed by atoms with Crippen LogP contribution in [0, 0.1) is 0 Å². The molecule has 1 heterocycles. The van der Waals surface area contributed by atoms with Gasteiger partial charge in [-0.3, -0.25) is 0 Å². The van der Waals surface area contributed by atoms with Crippen molar-refractivity contribution in [1.82, 2.24) is 4.98 Å². The number of nitrogens with two attached hydrogens (primary N) is 1. The molecule has 0 amide bonds. The molecular formula is C8H11Cl3N2. The molecule has 0 aliphatic heterocycles. The molecule has 0 aromatic carbocycles. The predicted octanol–water partition coefficient (Wildman–Crippen LogP) is 3.22. The Morgan fingerprint density at radius 1 is 1.46 bits per heavy atom. The number of aromatic nitrogens is 1. The van der Waals surface area contributed by atoms with Gasteiger partial charge >= 0.3 is 0 Å². The zero-order valence-corrected chi connectivity index (χ0v) is 9.46. The molecule has 2 N–H and O–H groups in total. The van der Waals surface area contributed by atoms with E-state index in [0.717, 1.165) is 12.0 Å².